The average Bonchev–Trinajstić information content (AvgIpc) is 2.68. The molecule has 94 valence electrons. The van der Waals surface area contributed by atoms with Gasteiger partial charge in [-0.3, -0.25) is 9.79 Å². The summed E-state index contributed by atoms with van der Waals surface area (Å²) in [5.41, 5.74) is 0.413. The maximum Gasteiger partial charge on any atom is 0.253 e. The van der Waals surface area contributed by atoms with Gasteiger partial charge in [0.25, 0.3) is 5.91 Å². The number of hydrogen-bond donors (Lipinski definition) is 2. The van der Waals surface area contributed by atoms with Crippen molar-refractivity contribution in [2.75, 3.05) is 13.1 Å². The summed E-state index contributed by atoms with van der Waals surface area (Å²) < 4.78 is 0.989. The smallest absolute Gasteiger partial charge is 0.253 e. The van der Waals surface area contributed by atoms with Crippen molar-refractivity contribution < 1.29 is 4.79 Å². The van der Waals surface area contributed by atoms with Gasteiger partial charge in [-0.15, -0.1) is 0 Å². The van der Waals surface area contributed by atoms with Crippen LogP contribution < -0.4 is 10.6 Å². The molecule has 0 aliphatic carbocycles. The van der Waals surface area contributed by atoms with E-state index < -0.39 is 5.54 Å². The number of nitrogens with one attached hydrogen (secondary N) is 2. The van der Waals surface area contributed by atoms with Crippen molar-refractivity contribution in [2.45, 2.75) is 18.4 Å². The first-order valence-corrected chi connectivity index (χ1v) is 6.87. The predicted octanol–water partition coefficient (Wildman–Crippen LogP) is 1.45. The molecule has 0 radical (unpaired) electrons. The van der Waals surface area contributed by atoms with Crippen molar-refractivity contribution in [3.63, 3.8) is 0 Å². The van der Waals surface area contributed by atoms with Crippen molar-refractivity contribution >= 4 is 27.7 Å². The van der Waals surface area contributed by atoms with E-state index in [9.17, 15) is 4.79 Å². The number of hydrogen-bond acceptors (Lipinski definition) is 3. The topological polar surface area (TPSA) is 53.5 Å². The van der Waals surface area contributed by atoms with E-state index in [0.29, 0.717) is 5.84 Å². The number of nitrogens with zero attached hydrogens (tertiary/aromatic N) is 1. The van der Waals surface area contributed by atoms with Gasteiger partial charge < -0.3 is 10.6 Å². The minimum atomic E-state index is -0.539. The van der Waals surface area contributed by atoms with Crippen LogP contribution in [-0.4, -0.2) is 30.4 Å². The molecule has 0 atom stereocenters. The number of amidine groups is 1. The molecular formula is C13H14BrN3O. The lowest BCUT2D eigenvalue weighted by Crippen LogP contribution is -2.47. The summed E-state index contributed by atoms with van der Waals surface area (Å²) in [6.07, 6.45) is 1.55. The van der Waals surface area contributed by atoms with E-state index in [4.69, 9.17) is 0 Å². The third-order valence-electron chi connectivity index (χ3n) is 3.51. The lowest BCUT2D eigenvalue weighted by Gasteiger charge is -2.28. The summed E-state index contributed by atoms with van der Waals surface area (Å²) in [6.45, 7) is 1.70. The van der Waals surface area contributed by atoms with Crippen LogP contribution in [0.4, 0.5) is 0 Å². The van der Waals surface area contributed by atoms with Crippen molar-refractivity contribution in [3.05, 3.63) is 34.3 Å². The van der Waals surface area contributed by atoms with E-state index in [2.05, 4.69) is 31.6 Å². The Morgan fingerprint density at radius 2 is 2.06 bits per heavy atom. The van der Waals surface area contributed by atoms with Crippen molar-refractivity contribution in [3.8, 4) is 0 Å². The van der Waals surface area contributed by atoms with Gasteiger partial charge in [-0.2, -0.15) is 0 Å². The van der Waals surface area contributed by atoms with Gasteiger partial charge in [0, 0.05) is 10.0 Å². The fraction of sp³-hybridized carbons (Fsp3) is 0.385. The van der Waals surface area contributed by atoms with E-state index in [-0.39, 0.29) is 5.91 Å². The Hall–Kier alpha value is -1.20. The molecule has 1 aromatic rings. The zero-order valence-corrected chi connectivity index (χ0v) is 11.5. The van der Waals surface area contributed by atoms with Crippen LogP contribution in [0.25, 0.3) is 0 Å². The number of rotatable bonds is 1. The summed E-state index contributed by atoms with van der Waals surface area (Å²) in [5.74, 6) is 0.738. The number of carbonyl (C=O) groups is 1. The SMILES string of the molecule is O=C1NC(c2cccc(Br)c2)=NC12CCNCC2. The maximum absolute atomic E-state index is 12.2. The molecule has 5 heteroatoms. The van der Waals surface area contributed by atoms with Crippen LogP contribution in [-0.2, 0) is 4.79 Å². The Bertz CT molecular complexity index is 521. The maximum atomic E-state index is 12.2. The van der Waals surface area contributed by atoms with Crippen LogP contribution in [0.2, 0.25) is 0 Å². The van der Waals surface area contributed by atoms with Gasteiger partial charge in [0.1, 0.15) is 11.4 Å². The van der Waals surface area contributed by atoms with Gasteiger partial charge in [-0.1, -0.05) is 28.1 Å². The molecule has 0 bridgehead atoms. The van der Waals surface area contributed by atoms with Gasteiger partial charge in [-0.25, -0.2) is 0 Å². The van der Waals surface area contributed by atoms with E-state index in [0.717, 1.165) is 36.0 Å². The fourth-order valence-electron chi connectivity index (χ4n) is 2.47. The average molecular weight is 308 g/mol. The second-order valence-corrected chi connectivity index (χ2v) is 5.62. The highest BCUT2D eigenvalue weighted by Gasteiger charge is 2.44. The quantitative estimate of drug-likeness (QED) is 0.825. The first kappa shape index (κ1) is 11.9. The van der Waals surface area contributed by atoms with Crippen LogP contribution >= 0.6 is 15.9 Å². The second kappa shape index (κ2) is 4.48. The van der Waals surface area contributed by atoms with E-state index in [1.807, 2.05) is 24.3 Å². The first-order chi connectivity index (χ1) is 8.70. The number of aliphatic imine (C=N–C) groups is 1. The molecular weight excluding hydrogens is 294 g/mol. The van der Waals surface area contributed by atoms with Gasteiger partial charge in [-0.05, 0) is 38.1 Å². The van der Waals surface area contributed by atoms with Crippen molar-refractivity contribution in [1.29, 1.82) is 0 Å². The second-order valence-electron chi connectivity index (χ2n) is 4.71. The Labute approximate surface area is 114 Å². The van der Waals surface area contributed by atoms with E-state index in [1.165, 1.54) is 0 Å². The molecule has 0 saturated carbocycles. The largest absolute Gasteiger partial charge is 0.317 e. The van der Waals surface area contributed by atoms with Gasteiger partial charge in [0.15, 0.2) is 0 Å². The number of carbonyl (C=O) groups excluding carboxylic acids is 1. The number of amides is 1. The molecule has 2 N–H and O–H groups in total. The zero-order chi connectivity index (χ0) is 12.6. The molecule has 1 fully saturated rings. The summed E-state index contributed by atoms with van der Waals surface area (Å²) in [6, 6.07) is 7.84. The third-order valence-corrected chi connectivity index (χ3v) is 4.00. The van der Waals surface area contributed by atoms with Gasteiger partial charge in [0.2, 0.25) is 0 Å². The van der Waals surface area contributed by atoms with Crippen LogP contribution in [0.1, 0.15) is 18.4 Å². The molecule has 0 aromatic heterocycles. The highest BCUT2D eigenvalue weighted by atomic mass is 79.9. The number of benzene rings is 1. The van der Waals surface area contributed by atoms with E-state index >= 15 is 0 Å². The molecule has 4 nitrogen and oxygen atoms in total. The monoisotopic (exact) mass is 307 g/mol. The van der Waals surface area contributed by atoms with Gasteiger partial charge >= 0.3 is 0 Å². The van der Waals surface area contributed by atoms with Gasteiger partial charge in [0.05, 0.1) is 0 Å². The Morgan fingerprint density at radius 1 is 1.28 bits per heavy atom. The lowest BCUT2D eigenvalue weighted by molar-refractivity contribution is -0.124. The summed E-state index contributed by atoms with van der Waals surface area (Å²) in [4.78, 5) is 16.8. The predicted molar refractivity (Wildman–Crippen MR) is 73.7 cm³/mol. The molecule has 1 spiro atoms. The summed E-state index contributed by atoms with van der Waals surface area (Å²) in [5, 5.41) is 6.18. The molecule has 2 aliphatic rings. The molecule has 0 unspecified atom stereocenters. The van der Waals surface area contributed by atoms with Crippen molar-refractivity contribution in [1.82, 2.24) is 10.6 Å². The molecule has 2 heterocycles. The summed E-state index contributed by atoms with van der Waals surface area (Å²) in [7, 11) is 0. The standard InChI is InChI=1S/C13H14BrN3O/c14-10-3-1-2-9(8-10)11-16-12(18)13(17-11)4-6-15-7-5-13/h1-3,8,15H,4-7H2,(H,16,17,18). The number of piperidine rings is 1. The Kier molecular flexibility index (Phi) is 2.95. The first-order valence-electron chi connectivity index (χ1n) is 6.08. The molecule has 1 amide bonds. The fourth-order valence-corrected chi connectivity index (χ4v) is 2.87. The Morgan fingerprint density at radius 3 is 2.78 bits per heavy atom. The zero-order valence-electron chi connectivity index (χ0n) is 9.87. The molecule has 3 rings (SSSR count). The van der Waals surface area contributed by atoms with Crippen molar-refractivity contribution in [2.24, 2.45) is 4.99 Å². The molecule has 18 heavy (non-hydrogen) atoms. The molecule has 1 saturated heterocycles. The minimum absolute atomic E-state index is 0.0407. The third kappa shape index (κ3) is 1.97. The van der Waals surface area contributed by atoms with Crippen LogP contribution in [0.3, 0.4) is 0 Å². The van der Waals surface area contributed by atoms with Crippen LogP contribution in [0.15, 0.2) is 33.7 Å². The Balaban J connectivity index is 1.95. The highest BCUT2D eigenvalue weighted by molar-refractivity contribution is 9.10. The number of halogens is 1. The summed E-state index contributed by atoms with van der Waals surface area (Å²) >= 11 is 3.43. The molecule has 1 aromatic carbocycles. The molecule has 2 aliphatic heterocycles. The highest BCUT2D eigenvalue weighted by Crippen LogP contribution is 2.28. The lowest BCUT2D eigenvalue weighted by atomic mass is 9.89. The normalized spacial score (nSPS) is 21.8. The minimum Gasteiger partial charge on any atom is -0.317 e. The van der Waals surface area contributed by atoms with E-state index in [1.54, 1.807) is 0 Å². The van der Waals surface area contributed by atoms with Crippen LogP contribution in [0.5, 0.6) is 0 Å². The van der Waals surface area contributed by atoms with Crippen LogP contribution in [0, 0.1) is 0 Å².